The van der Waals surface area contributed by atoms with Crippen LogP contribution in [0, 0.1) is 0 Å². The number of ether oxygens (including phenoxy) is 2. The Kier molecular flexibility index (Phi) is 6.00. The Morgan fingerprint density at radius 1 is 1.17 bits per heavy atom. The van der Waals surface area contributed by atoms with Gasteiger partial charge in [0, 0.05) is 11.2 Å². The van der Waals surface area contributed by atoms with Crippen molar-refractivity contribution in [2.24, 2.45) is 10.7 Å². The van der Waals surface area contributed by atoms with Crippen LogP contribution in [0.3, 0.4) is 0 Å². The van der Waals surface area contributed by atoms with E-state index in [0.29, 0.717) is 23.1 Å². The molecule has 0 aliphatic rings. The van der Waals surface area contributed by atoms with Crippen LogP contribution in [-0.4, -0.2) is 25.3 Å². The molecule has 0 spiro atoms. The Bertz CT molecular complexity index is 699. The standard InChI is InChI=1S/C17H17ClN2O3/c1-2-22-16-9-12(3-8-15(16)23-11-17(19)21)10-20-14-6-4-13(18)5-7-14/h3-10H,2,11H2,1H3,(H2,19,21). The Hall–Kier alpha value is -2.53. The monoisotopic (exact) mass is 332 g/mol. The van der Waals surface area contributed by atoms with Gasteiger partial charge in [-0.25, -0.2) is 0 Å². The number of hydrogen-bond donors (Lipinski definition) is 1. The van der Waals surface area contributed by atoms with Crippen molar-refractivity contribution in [3.05, 3.63) is 53.1 Å². The molecule has 1 amide bonds. The van der Waals surface area contributed by atoms with Crippen molar-refractivity contribution < 1.29 is 14.3 Å². The molecule has 2 N–H and O–H groups in total. The lowest BCUT2D eigenvalue weighted by Gasteiger charge is -2.11. The second-order valence-electron chi connectivity index (χ2n) is 4.63. The number of halogens is 1. The van der Waals surface area contributed by atoms with Crippen LogP contribution in [0.25, 0.3) is 0 Å². The highest BCUT2D eigenvalue weighted by Crippen LogP contribution is 2.28. The van der Waals surface area contributed by atoms with E-state index in [1.54, 1.807) is 30.5 Å². The number of benzene rings is 2. The van der Waals surface area contributed by atoms with Crippen LogP contribution in [0.2, 0.25) is 5.02 Å². The molecule has 0 heterocycles. The summed E-state index contributed by atoms with van der Waals surface area (Å²) in [7, 11) is 0. The third-order valence-corrected chi connectivity index (χ3v) is 3.08. The molecule has 0 aromatic heterocycles. The second-order valence-corrected chi connectivity index (χ2v) is 5.07. The SMILES string of the molecule is CCOc1cc(C=Nc2ccc(Cl)cc2)ccc1OCC(N)=O. The molecule has 0 saturated heterocycles. The molecule has 0 fully saturated rings. The lowest BCUT2D eigenvalue weighted by atomic mass is 10.2. The first-order valence-electron chi connectivity index (χ1n) is 7.06. The van der Waals surface area contributed by atoms with Gasteiger partial charge in [0.2, 0.25) is 0 Å². The Morgan fingerprint density at radius 3 is 2.57 bits per heavy atom. The fourth-order valence-electron chi connectivity index (χ4n) is 1.82. The van der Waals surface area contributed by atoms with Crippen LogP contribution >= 0.6 is 11.6 Å². The van der Waals surface area contributed by atoms with Gasteiger partial charge >= 0.3 is 0 Å². The first kappa shape index (κ1) is 16.8. The number of hydrogen-bond acceptors (Lipinski definition) is 4. The molecule has 23 heavy (non-hydrogen) atoms. The van der Waals surface area contributed by atoms with E-state index in [4.69, 9.17) is 26.8 Å². The number of rotatable bonds is 7. The number of amides is 1. The number of aliphatic imine (C=N–C) groups is 1. The van der Waals surface area contributed by atoms with Gasteiger partial charge in [-0.3, -0.25) is 9.79 Å². The molecule has 6 heteroatoms. The van der Waals surface area contributed by atoms with E-state index in [-0.39, 0.29) is 6.61 Å². The quantitative estimate of drug-likeness (QED) is 0.790. The number of carbonyl (C=O) groups is 1. The number of nitrogens with two attached hydrogens (primary N) is 1. The molecule has 0 unspecified atom stereocenters. The van der Waals surface area contributed by atoms with Gasteiger partial charge in [0.05, 0.1) is 12.3 Å². The van der Waals surface area contributed by atoms with Crippen LogP contribution in [-0.2, 0) is 4.79 Å². The summed E-state index contributed by atoms with van der Waals surface area (Å²) in [5, 5.41) is 0.665. The summed E-state index contributed by atoms with van der Waals surface area (Å²) in [6.07, 6.45) is 1.71. The van der Waals surface area contributed by atoms with E-state index in [0.717, 1.165) is 11.3 Å². The molecule has 0 radical (unpaired) electrons. The maximum absolute atomic E-state index is 10.8. The fraction of sp³-hybridized carbons (Fsp3) is 0.176. The number of primary amides is 1. The maximum atomic E-state index is 10.8. The summed E-state index contributed by atoms with van der Waals surface area (Å²) in [4.78, 5) is 15.2. The molecule has 0 bridgehead atoms. The molecule has 2 aromatic rings. The second kappa shape index (κ2) is 8.19. The van der Waals surface area contributed by atoms with Crippen molar-refractivity contribution >= 4 is 29.4 Å². The molecular formula is C17H17ClN2O3. The van der Waals surface area contributed by atoms with Crippen LogP contribution in [0.15, 0.2) is 47.5 Å². The molecule has 2 rings (SSSR count). The zero-order valence-corrected chi connectivity index (χ0v) is 13.4. The summed E-state index contributed by atoms with van der Waals surface area (Å²) in [5.41, 5.74) is 6.72. The van der Waals surface area contributed by atoms with Crippen molar-refractivity contribution in [3.8, 4) is 11.5 Å². The van der Waals surface area contributed by atoms with Gasteiger partial charge < -0.3 is 15.2 Å². The average Bonchev–Trinajstić information content (AvgIpc) is 2.53. The van der Waals surface area contributed by atoms with Gasteiger partial charge in [-0.15, -0.1) is 0 Å². The van der Waals surface area contributed by atoms with Gasteiger partial charge in [-0.1, -0.05) is 11.6 Å². The Labute approximate surface area is 139 Å². The first-order valence-corrected chi connectivity index (χ1v) is 7.44. The van der Waals surface area contributed by atoms with Crippen LogP contribution in [0.1, 0.15) is 12.5 Å². The van der Waals surface area contributed by atoms with Crippen LogP contribution in [0.4, 0.5) is 5.69 Å². The molecule has 120 valence electrons. The van der Waals surface area contributed by atoms with Gasteiger partial charge in [0.1, 0.15) is 0 Å². The first-order chi connectivity index (χ1) is 11.1. The van der Waals surface area contributed by atoms with Gasteiger partial charge in [-0.2, -0.15) is 0 Å². The van der Waals surface area contributed by atoms with E-state index in [1.807, 2.05) is 25.1 Å². The summed E-state index contributed by atoms with van der Waals surface area (Å²) in [5.74, 6) is 0.462. The minimum atomic E-state index is -0.541. The molecule has 0 aliphatic carbocycles. The highest BCUT2D eigenvalue weighted by Gasteiger charge is 2.07. The molecule has 0 atom stereocenters. The Morgan fingerprint density at radius 2 is 1.91 bits per heavy atom. The fourth-order valence-corrected chi connectivity index (χ4v) is 1.94. The minimum absolute atomic E-state index is 0.196. The molecular weight excluding hydrogens is 316 g/mol. The number of nitrogens with zero attached hydrogens (tertiary/aromatic N) is 1. The van der Waals surface area contributed by atoms with Gasteiger partial charge in [0.25, 0.3) is 5.91 Å². The lowest BCUT2D eigenvalue weighted by molar-refractivity contribution is -0.119. The summed E-state index contributed by atoms with van der Waals surface area (Å²) < 4.78 is 10.8. The lowest BCUT2D eigenvalue weighted by Crippen LogP contribution is -2.20. The predicted octanol–water partition coefficient (Wildman–Crippen LogP) is 3.35. The van der Waals surface area contributed by atoms with Crippen molar-refractivity contribution in [2.45, 2.75) is 6.92 Å². The Balaban J connectivity index is 2.17. The summed E-state index contributed by atoms with van der Waals surface area (Å²) in [6, 6.07) is 12.5. The highest BCUT2D eigenvalue weighted by molar-refractivity contribution is 6.30. The zero-order valence-electron chi connectivity index (χ0n) is 12.7. The molecule has 5 nitrogen and oxygen atoms in total. The van der Waals surface area contributed by atoms with Gasteiger partial charge in [-0.05, 0) is 55.0 Å². The van der Waals surface area contributed by atoms with E-state index in [1.165, 1.54) is 0 Å². The van der Waals surface area contributed by atoms with Crippen LogP contribution in [0.5, 0.6) is 11.5 Å². The van der Waals surface area contributed by atoms with Crippen molar-refractivity contribution in [3.63, 3.8) is 0 Å². The van der Waals surface area contributed by atoms with Crippen molar-refractivity contribution in [1.29, 1.82) is 0 Å². The van der Waals surface area contributed by atoms with E-state index in [9.17, 15) is 4.79 Å². The normalized spacial score (nSPS) is 10.7. The highest BCUT2D eigenvalue weighted by atomic mass is 35.5. The zero-order chi connectivity index (χ0) is 16.7. The summed E-state index contributed by atoms with van der Waals surface area (Å²) in [6.45, 7) is 2.15. The smallest absolute Gasteiger partial charge is 0.255 e. The van der Waals surface area contributed by atoms with Gasteiger partial charge in [0.15, 0.2) is 18.1 Å². The minimum Gasteiger partial charge on any atom is -0.490 e. The largest absolute Gasteiger partial charge is 0.490 e. The average molecular weight is 333 g/mol. The third kappa shape index (κ3) is 5.30. The van der Waals surface area contributed by atoms with E-state index in [2.05, 4.69) is 4.99 Å². The maximum Gasteiger partial charge on any atom is 0.255 e. The van der Waals surface area contributed by atoms with E-state index >= 15 is 0 Å². The third-order valence-electron chi connectivity index (χ3n) is 2.83. The van der Waals surface area contributed by atoms with E-state index < -0.39 is 5.91 Å². The van der Waals surface area contributed by atoms with Crippen molar-refractivity contribution in [2.75, 3.05) is 13.2 Å². The molecule has 0 saturated carbocycles. The molecule has 0 aliphatic heterocycles. The van der Waals surface area contributed by atoms with Crippen LogP contribution < -0.4 is 15.2 Å². The predicted molar refractivity (Wildman–Crippen MR) is 91.0 cm³/mol. The topological polar surface area (TPSA) is 73.9 Å². The van der Waals surface area contributed by atoms with Crippen molar-refractivity contribution in [1.82, 2.24) is 0 Å². The summed E-state index contributed by atoms with van der Waals surface area (Å²) >= 11 is 5.84. The number of carbonyl (C=O) groups excluding carboxylic acids is 1. The molecule has 2 aromatic carbocycles.